The van der Waals surface area contributed by atoms with E-state index in [0.717, 1.165) is 19.1 Å². The number of ether oxygens (including phenoxy) is 1. The van der Waals surface area contributed by atoms with Crippen molar-refractivity contribution in [3.05, 3.63) is 0 Å². The minimum absolute atomic E-state index is 0.886. The van der Waals surface area contributed by atoms with Gasteiger partial charge in [0.05, 0.1) is 0 Å². The van der Waals surface area contributed by atoms with E-state index in [4.69, 9.17) is 4.74 Å². The third-order valence-electron chi connectivity index (χ3n) is 4.12. The second-order valence-electron chi connectivity index (χ2n) is 6.82. The Labute approximate surface area is 127 Å². The van der Waals surface area contributed by atoms with Crippen molar-refractivity contribution in [2.24, 2.45) is 5.92 Å². The summed E-state index contributed by atoms with van der Waals surface area (Å²) in [6, 6.07) is 0. The van der Waals surface area contributed by atoms with Crippen molar-refractivity contribution in [3.63, 3.8) is 0 Å². The summed E-state index contributed by atoms with van der Waals surface area (Å²) in [5.41, 5.74) is 0. The molecule has 1 heterocycles. The maximum absolute atomic E-state index is 5.67. The first-order valence-electron chi connectivity index (χ1n) is 9.09. The molecule has 0 atom stereocenters. The lowest BCUT2D eigenvalue weighted by Crippen LogP contribution is -2.05. The van der Waals surface area contributed by atoms with Gasteiger partial charge in [0.1, 0.15) is 0 Å². The minimum atomic E-state index is 0.886. The Hall–Kier alpha value is -0.0800. The van der Waals surface area contributed by atoms with Crippen LogP contribution in [0.25, 0.3) is 0 Å². The van der Waals surface area contributed by atoms with Gasteiger partial charge in [-0.15, -0.1) is 0 Å². The molecule has 2 heteroatoms. The summed E-state index contributed by atoms with van der Waals surface area (Å²) >= 11 is 0. The normalized spacial score (nSPS) is 15.2. The van der Waals surface area contributed by atoms with Crippen LogP contribution in [0, 0.1) is 5.92 Å². The smallest absolute Gasteiger partial charge is 0.0478 e. The molecule has 120 valence electrons. The van der Waals surface area contributed by atoms with E-state index in [-0.39, 0.29) is 0 Å². The van der Waals surface area contributed by atoms with Crippen LogP contribution >= 0.6 is 0 Å². The summed E-state index contributed by atoms with van der Waals surface area (Å²) in [5.74, 6) is 0.886. The molecule has 0 saturated carbocycles. The van der Waals surface area contributed by atoms with Crippen molar-refractivity contribution in [1.29, 1.82) is 0 Å². The zero-order valence-electron chi connectivity index (χ0n) is 14.0. The van der Waals surface area contributed by atoms with E-state index >= 15 is 0 Å². The maximum atomic E-state index is 5.67. The van der Waals surface area contributed by atoms with Crippen LogP contribution in [0.15, 0.2) is 0 Å². The maximum Gasteiger partial charge on any atom is 0.0478 e. The largest absolute Gasteiger partial charge is 0.381 e. The van der Waals surface area contributed by atoms with Crippen LogP contribution in [0.3, 0.4) is 0 Å². The Balaban J connectivity index is 1.62. The summed E-state index contributed by atoms with van der Waals surface area (Å²) in [5, 5.41) is 0. The van der Waals surface area contributed by atoms with Gasteiger partial charge in [-0.05, 0) is 18.8 Å². The molecule has 2 nitrogen and oxygen atoms in total. The SMILES string of the molecule is CC(C)CCCCCCCCCCOCCCN1CC1. The third-order valence-corrected chi connectivity index (χ3v) is 4.12. The molecule has 1 saturated heterocycles. The Morgan fingerprint density at radius 1 is 0.750 bits per heavy atom. The second-order valence-corrected chi connectivity index (χ2v) is 6.82. The van der Waals surface area contributed by atoms with E-state index in [2.05, 4.69) is 18.7 Å². The summed E-state index contributed by atoms with van der Waals surface area (Å²) in [6.07, 6.45) is 13.8. The minimum Gasteiger partial charge on any atom is -0.381 e. The number of hydrogen-bond donors (Lipinski definition) is 0. The zero-order valence-corrected chi connectivity index (χ0v) is 14.0. The van der Waals surface area contributed by atoms with Crippen LogP contribution in [-0.4, -0.2) is 37.7 Å². The van der Waals surface area contributed by atoms with Gasteiger partial charge >= 0.3 is 0 Å². The molecular weight excluding hydrogens is 246 g/mol. The molecule has 0 aromatic heterocycles. The van der Waals surface area contributed by atoms with Crippen LogP contribution in [0.4, 0.5) is 0 Å². The molecule has 0 amide bonds. The van der Waals surface area contributed by atoms with E-state index in [1.807, 2.05) is 0 Å². The van der Waals surface area contributed by atoms with Crippen LogP contribution in [-0.2, 0) is 4.74 Å². The summed E-state index contributed by atoms with van der Waals surface area (Å²) < 4.78 is 5.67. The fourth-order valence-electron chi connectivity index (χ4n) is 2.60. The van der Waals surface area contributed by atoms with Crippen molar-refractivity contribution in [2.45, 2.75) is 78.1 Å². The van der Waals surface area contributed by atoms with E-state index in [1.54, 1.807) is 0 Å². The molecule has 0 aliphatic carbocycles. The van der Waals surface area contributed by atoms with Crippen LogP contribution < -0.4 is 0 Å². The molecule has 0 bridgehead atoms. The lowest BCUT2D eigenvalue weighted by molar-refractivity contribution is 0.125. The number of rotatable bonds is 15. The summed E-state index contributed by atoms with van der Waals surface area (Å²) in [6.45, 7) is 10.5. The van der Waals surface area contributed by atoms with Crippen molar-refractivity contribution in [3.8, 4) is 0 Å². The van der Waals surface area contributed by atoms with Gasteiger partial charge < -0.3 is 9.64 Å². The van der Waals surface area contributed by atoms with Crippen molar-refractivity contribution >= 4 is 0 Å². The monoisotopic (exact) mass is 283 g/mol. The molecule has 0 aromatic carbocycles. The van der Waals surface area contributed by atoms with E-state index in [1.165, 1.54) is 83.8 Å². The molecule has 1 rings (SSSR count). The molecule has 1 aliphatic heterocycles. The number of hydrogen-bond acceptors (Lipinski definition) is 2. The second kappa shape index (κ2) is 12.6. The highest BCUT2D eigenvalue weighted by Crippen LogP contribution is 2.12. The Morgan fingerprint density at radius 2 is 1.30 bits per heavy atom. The molecule has 0 aromatic rings. The molecule has 0 spiro atoms. The topological polar surface area (TPSA) is 12.2 Å². The van der Waals surface area contributed by atoms with Crippen LogP contribution in [0.2, 0.25) is 0 Å². The standard InChI is InChI=1S/C18H37NO/c1-18(2)12-9-7-5-3-4-6-8-10-16-20-17-11-13-19-14-15-19/h18H,3-17H2,1-2H3. The first-order valence-corrected chi connectivity index (χ1v) is 9.09. The predicted octanol–water partition coefficient (Wildman–Crippen LogP) is 4.88. The first-order chi connectivity index (χ1) is 9.79. The first kappa shape index (κ1) is 18.0. The van der Waals surface area contributed by atoms with Crippen molar-refractivity contribution in [1.82, 2.24) is 4.90 Å². The average molecular weight is 284 g/mol. The van der Waals surface area contributed by atoms with E-state index < -0.39 is 0 Å². The molecule has 1 fully saturated rings. The van der Waals surface area contributed by atoms with Gasteiger partial charge in [0.15, 0.2) is 0 Å². The van der Waals surface area contributed by atoms with Crippen LogP contribution in [0.5, 0.6) is 0 Å². The highest BCUT2D eigenvalue weighted by atomic mass is 16.5. The number of nitrogens with zero attached hydrogens (tertiary/aromatic N) is 1. The molecule has 0 unspecified atom stereocenters. The van der Waals surface area contributed by atoms with Gasteiger partial charge in [-0.25, -0.2) is 0 Å². The molecule has 0 N–H and O–H groups in total. The third kappa shape index (κ3) is 12.9. The Morgan fingerprint density at radius 3 is 1.90 bits per heavy atom. The van der Waals surface area contributed by atoms with E-state index in [0.29, 0.717) is 0 Å². The summed E-state index contributed by atoms with van der Waals surface area (Å²) in [4.78, 5) is 2.46. The van der Waals surface area contributed by atoms with Gasteiger partial charge in [0, 0.05) is 32.8 Å². The fraction of sp³-hybridized carbons (Fsp3) is 1.00. The fourth-order valence-corrected chi connectivity index (χ4v) is 2.60. The van der Waals surface area contributed by atoms with Gasteiger partial charge in [-0.2, -0.15) is 0 Å². The lowest BCUT2D eigenvalue weighted by Gasteiger charge is -2.05. The van der Waals surface area contributed by atoms with Gasteiger partial charge in [-0.3, -0.25) is 0 Å². The predicted molar refractivity (Wildman–Crippen MR) is 88.3 cm³/mol. The Kier molecular flexibility index (Phi) is 11.4. The van der Waals surface area contributed by atoms with Gasteiger partial charge in [0.2, 0.25) is 0 Å². The van der Waals surface area contributed by atoms with Crippen molar-refractivity contribution < 1.29 is 4.74 Å². The summed E-state index contributed by atoms with van der Waals surface area (Å²) in [7, 11) is 0. The van der Waals surface area contributed by atoms with Gasteiger partial charge in [-0.1, -0.05) is 65.2 Å². The van der Waals surface area contributed by atoms with Crippen molar-refractivity contribution in [2.75, 3.05) is 32.8 Å². The molecular formula is C18H37NO. The zero-order chi connectivity index (χ0) is 14.5. The highest BCUT2D eigenvalue weighted by Gasteiger charge is 2.15. The Bertz CT molecular complexity index is 188. The average Bonchev–Trinajstić information content (AvgIpc) is 3.23. The van der Waals surface area contributed by atoms with Crippen LogP contribution in [0.1, 0.15) is 78.1 Å². The highest BCUT2D eigenvalue weighted by molar-refractivity contribution is 4.71. The molecule has 20 heavy (non-hydrogen) atoms. The molecule has 1 aliphatic rings. The number of unbranched alkanes of at least 4 members (excludes halogenated alkanes) is 7. The van der Waals surface area contributed by atoms with Gasteiger partial charge in [0.25, 0.3) is 0 Å². The lowest BCUT2D eigenvalue weighted by atomic mass is 10.0. The quantitative estimate of drug-likeness (QED) is 0.314. The van der Waals surface area contributed by atoms with E-state index in [9.17, 15) is 0 Å². The molecule has 0 radical (unpaired) electrons.